The Morgan fingerprint density at radius 1 is 1.05 bits per heavy atom. The van der Waals surface area contributed by atoms with Crippen molar-refractivity contribution in [3.8, 4) is 0 Å². The molecule has 4 heteroatoms. The van der Waals surface area contributed by atoms with Gasteiger partial charge in [0, 0.05) is 54.2 Å². The Balaban J connectivity index is 1.41. The second-order valence-corrected chi connectivity index (χ2v) is 7.86. The monoisotopic (exact) mass is 313 g/mol. The van der Waals surface area contributed by atoms with Crippen molar-refractivity contribution >= 4 is 11.3 Å². The van der Waals surface area contributed by atoms with Gasteiger partial charge in [0.25, 0.3) is 0 Å². The molecule has 2 saturated heterocycles. The van der Waals surface area contributed by atoms with Crippen LogP contribution in [-0.4, -0.2) is 40.0 Å². The van der Waals surface area contributed by atoms with E-state index in [-0.39, 0.29) is 0 Å². The summed E-state index contributed by atoms with van der Waals surface area (Å²) in [4.78, 5) is 12.8. The normalized spacial score (nSPS) is 25.7. The Labute approximate surface area is 136 Å². The Hall–Kier alpha value is -1.23. The van der Waals surface area contributed by atoms with Gasteiger partial charge in [-0.2, -0.15) is 0 Å². The number of thiophene rings is 1. The summed E-state index contributed by atoms with van der Waals surface area (Å²) in [5.74, 6) is 0. The third-order valence-electron chi connectivity index (χ3n) is 5.05. The molecule has 0 radical (unpaired) electrons. The van der Waals surface area contributed by atoms with Crippen LogP contribution in [0, 0.1) is 6.92 Å². The summed E-state index contributed by atoms with van der Waals surface area (Å²) in [6.45, 7) is 6.80. The minimum absolute atomic E-state index is 0.725. The summed E-state index contributed by atoms with van der Waals surface area (Å²) >= 11 is 1.95. The lowest BCUT2D eigenvalue weighted by Gasteiger charge is -2.25. The van der Waals surface area contributed by atoms with Gasteiger partial charge < -0.3 is 0 Å². The molecular weight excluding hydrogens is 290 g/mol. The maximum absolute atomic E-state index is 4.49. The number of rotatable bonds is 4. The first-order valence-electron chi connectivity index (χ1n) is 8.23. The molecule has 2 fully saturated rings. The first kappa shape index (κ1) is 14.4. The second kappa shape index (κ2) is 6.11. The number of hydrogen-bond acceptors (Lipinski definition) is 4. The molecule has 0 N–H and O–H groups in total. The lowest BCUT2D eigenvalue weighted by atomic mass is 10.1. The maximum Gasteiger partial charge on any atom is 0.0544 e. The largest absolute Gasteiger partial charge is 0.294 e. The predicted molar refractivity (Wildman–Crippen MR) is 90.9 cm³/mol. The van der Waals surface area contributed by atoms with Gasteiger partial charge in [-0.05, 0) is 44.0 Å². The molecule has 0 aromatic carbocycles. The number of hydrogen-bond donors (Lipinski definition) is 0. The highest BCUT2D eigenvalue weighted by Crippen LogP contribution is 2.34. The zero-order chi connectivity index (χ0) is 14.9. The van der Waals surface area contributed by atoms with Crippen molar-refractivity contribution in [3.05, 3.63) is 52.0 Å². The van der Waals surface area contributed by atoms with Crippen LogP contribution in [0.15, 0.2) is 36.5 Å². The Morgan fingerprint density at radius 3 is 2.45 bits per heavy atom. The smallest absolute Gasteiger partial charge is 0.0544 e. The van der Waals surface area contributed by atoms with Gasteiger partial charge in [0.1, 0.15) is 0 Å². The van der Waals surface area contributed by atoms with Gasteiger partial charge in [-0.25, -0.2) is 0 Å². The Bertz CT molecular complexity index is 624. The van der Waals surface area contributed by atoms with Crippen molar-refractivity contribution in [1.29, 1.82) is 0 Å². The van der Waals surface area contributed by atoms with Crippen LogP contribution in [-0.2, 0) is 13.1 Å². The van der Waals surface area contributed by atoms with Crippen LogP contribution in [0.3, 0.4) is 0 Å². The second-order valence-electron chi connectivity index (χ2n) is 6.49. The summed E-state index contributed by atoms with van der Waals surface area (Å²) in [7, 11) is 0. The molecule has 0 saturated carbocycles. The van der Waals surface area contributed by atoms with Gasteiger partial charge in [-0.3, -0.25) is 14.8 Å². The van der Waals surface area contributed by atoms with Gasteiger partial charge in [0.15, 0.2) is 0 Å². The molecule has 0 aliphatic carbocycles. The molecule has 2 aromatic rings. The maximum atomic E-state index is 4.49. The summed E-state index contributed by atoms with van der Waals surface area (Å²) in [5.41, 5.74) is 1.20. The van der Waals surface area contributed by atoms with Crippen LogP contribution in [0.1, 0.15) is 28.3 Å². The molecule has 0 spiro atoms. The van der Waals surface area contributed by atoms with E-state index in [2.05, 4.69) is 46.0 Å². The van der Waals surface area contributed by atoms with E-state index < -0.39 is 0 Å². The SMILES string of the molecule is Cc1ccc(CN2CC[C@H]3[C@H]2CCN3Cc2ccccn2)s1. The number of nitrogens with zero attached hydrogens (tertiary/aromatic N) is 3. The van der Waals surface area contributed by atoms with Gasteiger partial charge in [-0.1, -0.05) is 6.07 Å². The molecule has 0 unspecified atom stereocenters. The number of pyridine rings is 1. The quantitative estimate of drug-likeness (QED) is 0.863. The fraction of sp³-hybridized carbons (Fsp3) is 0.500. The molecular formula is C18H23N3S. The highest BCUT2D eigenvalue weighted by atomic mass is 32.1. The Morgan fingerprint density at radius 2 is 1.82 bits per heavy atom. The zero-order valence-corrected chi connectivity index (χ0v) is 13.9. The van der Waals surface area contributed by atoms with E-state index in [1.165, 1.54) is 41.4 Å². The van der Waals surface area contributed by atoms with Gasteiger partial charge >= 0.3 is 0 Å². The first-order valence-corrected chi connectivity index (χ1v) is 9.04. The molecule has 2 atom stereocenters. The van der Waals surface area contributed by atoms with Crippen molar-refractivity contribution in [2.24, 2.45) is 0 Å². The van der Waals surface area contributed by atoms with Gasteiger partial charge in [0.05, 0.1) is 5.69 Å². The molecule has 116 valence electrons. The molecule has 2 aliphatic heterocycles. The molecule has 4 rings (SSSR count). The molecule has 4 heterocycles. The van der Waals surface area contributed by atoms with Gasteiger partial charge in [0.2, 0.25) is 0 Å². The molecule has 22 heavy (non-hydrogen) atoms. The van der Waals surface area contributed by atoms with Crippen molar-refractivity contribution in [1.82, 2.24) is 14.8 Å². The van der Waals surface area contributed by atoms with Crippen molar-refractivity contribution in [2.45, 2.75) is 44.9 Å². The van der Waals surface area contributed by atoms with E-state index >= 15 is 0 Å². The van der Waals surface area contributed by atoms with Crippen LogP contribution >= 0.6 is 11.3 Å². The van der Waals surface area contributed by atoms with E-state index in [9.17, 15) is 0 Å². The third-order valence-corrected chi connectivity index (χ3v) is 6.04. The van der Waals surface area contributed by atoms with E-state index in [1.54, 1.807) is 0 Å². The molecule has 0 amide bonds. The van der Waals surface area contributed by atoms with Crippen LogP contribution in [0.2, 0.25) is 0 Å². The minimum atomic E-state index is 0.725. The lowest BCUT2D eigenvalue weighted by Crippen LogP contribution is -2.36. The van der Waals surface area contributed by atoms with Crippen molar-refractivity contribution in [2.75, 3.05) is 13.1 Å². The minimum Gasteiger partial charge on any atom is -0.294 e. The number of aromatic nitrogens is 1. The average Bonchev–Trinajstić information content (AvgIpc) is 3.21. The summed E-state index contributed by atoms with van der Waals surface area (Å²) in [6.07, 6.45) is 4.52. The number of likely N-dealkylation sites (tertiary alicyclic amines) is 2. The highest BCUT2D eigenvalue weighted by molar-refractivity contribution is 7.11. The average molecular weight is 313 g/mol. The van der Waals surface area contributed by atoms with E-state index in [1.807, 2.05) is 23.6 Å². The summed E-state index contributed by atoms with van der Waals surface area (Å²) in [5, 5.41) is 0. The van der Waals surface area contributed by atoms with Crippen molar-refractivity contribution < 1.29 is 0 Å². The third kappa shape index (κ3) is 2.83. The van der Waals surface area contributed by atoms with Crippen LogP contribution < -0.4 is 0 Å². The zero-order valence-electron chi connectivity index (χ0n) is 13.1. The standard InChI is InChI=1S/C18H23N3S/c1-14-5-6-16(22-14)13-21-11-8-17-18(21)7-10-20(17)12-15-4-2-3-9-19-15/h2-6,9,17-18H,7-8,10-13H2,1H3/t17-,18+/m0/s1. The lowest BCUT2D eigenvalue weighted by molar-refractivity contribution is 0.212. The topological polar surface area (TPSA) is 19.4 Å². The highest BCUT2D eigenvalue weighted by Gasteiger charge is 2.42. The van der Waals surface area contributed by atoms with Crippen LogP contribution in [0.25, 0.3) is 0 Å². The molecule has 0 bridgehead atoms. The first-order chi connectivity index (χ1) is 10.8. The van der Waals surface area contributed by atoms with Crippen molar-refractivity contribution in [3.63, 3.8) is 0 Å². The van der Waals surface area contributed by atoms with Crippen LogP contribution in [0.5, 0.6) is 0 Å². The number of aryl methyl sites for hydroxylation is 1. The van der Waals surface area contributed by atoms with Gasteiger partial charge in [-0.15, -0.1) is 11.3 Å². The molecule has 3 nitrogen and oxygen atoms in total. The molecule has 2 aromatic heterocycles. The van der Waals surface area contributed by atoms with E-state index in [0.29, 0.717) is 0 Å². The van der Waals surface area contributed by atoms with E-state index in [0.717, 1.165) is 25.2 Å². The fourth-order valence-electron chi connectivity index (χ4n) is 4.03. The molecule has 2 aliphatic rings. The Kier molecular flexibility index (Phi) is 3.99. The van der Waals surface area contributed by atoms with E-state index in [4.69, 9.17) is 0 Å². The summed E-state index contributed by atoms with van der Waals surface area (Å²) < 4.78 is 0. The fourth-order valence-corrected chi connectivity index (χ4v) is 4.94. The predicted octanol–water partition coefficient (Wildman–Crippen LogP) is 3.30. The summed E-state index contributed by atoms with van der Waals surface area (Å²) in [6, 6.07) is 12.2. The number of fused-ring (bicyclic) bond motifs is 1. The van der Waals surface area contributed by atoms with Crippen LogP contribution in [0.4, 0.5) is 0 Å².